The Labute approximate surface area is 227 Å². The van der Waals surface area contributed by atoms with Gasteiger partial charge in [0.2, 0.25) is 0 Å². The zero-order chi connectivity index (χ0) is 28.1. The van der Waals surface area contributed by atoms with Crippen LogP contribution in [0.3, 0.4) is 0 Å². The highest BCUT2D eigenvalue weighted by atomic mass is 28.4. The van der Waals surface area contributed by atoms with Crippen LogP contribution in [0.4, 0.5) is 0 Å². The molecule has 0 bridgehead atoms. The molecule has 0 radical (unpaired) electrons. The van der Waals surface area contributed by atoms with Crippen LogP contribution in [0.15, 0.2) is 43.2 Å². The molecule has 0 saturated heterocycles. The van der Waals surface area contributed by atoms with Crippen molar-refractivity contribution < 1.29 is 18.3 Å². The number of hydrogen-bond acceptors (Lipinski definition) is 5. The van der Waals surface area contributed by atoms with Crippen LogP contribution in [-0.4, -0.2) is 48.5 Å². The fourth-order valence-electron chi connectivity index (χ4n) is 3.11. The van der Waals surface area contributed by atoms with Crippen LogP contribution in [0, 0.1) is 0 Å². The van der Waals surface area contributed by atoms with E-state index in [1.165, 1.54) is 0 Å². The smallest absolute Gasteiger partial charge is 0.192 e. The highest BCUT2D eigenvalue weighted by molar-refractivity contribution is 6.74. The van der Waals surface area contributed by atoms with E-state index in [9.17, 15) is 0 Å². The number of pyridine rings is 1. The number of aromatic nitrogens is 1. The number of hydrogen-bond donors (Lipinski definition) is 0. The average molecular weight is 544 g/mol. The summed E-state index contributed by atoms with van der Waals surface area (Å²) in [5.74, 6) is 1.43. The summed E-state index contributed by atoms with van der Waals surface area (Å²) in [6.45, 7) is 28.6. The van der Waals surface area contributed by atoms with Gasteiger partial charge in [-0.25, -0.2) is 0 Å². The molecule has 1 heterocycles. The largest absolute Gasteiger partial charge is 0.493 e. The van der Waals surface area contributed by atoms with E-state index in [4.69, 9.17) is 18.3 Å². The molecule has 0 saturated carbocycles. The van der Waals surface area contributed by atoms with E-state index < -0.39 is 16.6 Å². The summed E-state index contributed by atoms with van der Waals surface area (Å²) in [5, 5.41) is 0.361. The molecule has 0 aliphatic rings. The number of methoxy groups -OCH3 is 1. The van der Waals surface area contributed by atoms with E-state index in [2.05, 4.69) is 85.4 Å². The quantitative estimate of drug-likeness (QED) is 0.198. The van der Waals surface area contributed by atoms with Crippen LogP contribution < -0.4 is 9.47 Å². The summed E-state index contributed by atoms with van der Waals surface area (Å²) in [6.07, 6.45) is 4.54. The molecule has 0 amide bonds. The summed E-state index contributed by atoms with van der Waals surface area (Å²) in [6, 6.07) is 8.10. The minimum atomic E-state index is -1.85. The molecule has 0 N–H and O–H groups in total. The monoisotopic (exact) mass is 543 g/mol. The van der Waals surface area contributed by atoms with Crippen LogP contribution >= 0.6 is 0 Å². The fraction of sp³-hybridized carbons (Fsp3) is 0.567. The molecule has 0 aliphatic carbocycles. The lowest BCUT2D eigenvalue weighted by Crippen LogP contribution is -2.41. The third-order valence-corrected chi connectivity index (χ3v) is 16.9. The molecule has 0 atom stereocenters. The fourth-order valence-corrected chi connectivity index (χ4v) is 5.17. The van der Waals surface area contributed by atoms with Gasteiger partial charge in [-0.2, -0.15) is 0 Å². The first-order valence-corrected chi connectivity index (χ1v) is 19.0. The summed E-state index contributed by atoms with van der Waals surface area (Å²) in [7, 11) is -1.94. The van der Waals surface area contributed by atoms with Gasteiger partial charge in [0.1, 0.15) is 0 Å². The van der Waals surface area contributed by atoms with Gasteiger partial charge in [0.05, 0.1) is 20.3 Å². The highest BCUT2D eigenvalue weighted by Crippen LogP contribution is 2.38. The van der Waals surface area contributed by atoms with E-state index in [0.717, 1.165) is 34.4 Å². The summed E-state index contributed by atoms with van der Waals surface area (Å²) >= 11 is 0. The van der Waals surface area contributed by atoms with Crippen molar-refractivity contribution in [1.29, 1.82) is 0 Å². The van der Waals surface area contributed by atoms with Crippen molar-refractivity contribution in [1.82, 2.24) is 4.98 Å². The minimum absolute atomic E-state index is 0.156. The van der Waals surface area contributed by atoms with Crippen LogP contribution in [0.2, 0.25) is 36.3 Å². The predicted octanol–water partition coefficient (Wildman–Crippen LogP) is 8.58. The zero-order valence-electron chi connectivity index (χ0n) is 25.1. The van der Waals surface area contributed by atoms with Crippen LogP contribution in [0.1, 0.15) is 53.5 Å². The maximum absolute atomic E-state index is 6.38. The van der Waals surface area contributed by atoms with Crippen molar-refractivity contribution in [3.8, 4) is 22.6 Å². The summed E-state index contributed by atoms with van der Waals surface area (Å²) in [4.78, 5) is 4.49. The average Bonchev–Trinajstić information content (AvgIpc) is 2.80. The van der Waals surface area contributed by atoms with Gasteiger partial charge in [-0.3, -0.25) is 4.98 Å². The van der Waals surface area contributed by atoms with Crippen LogP contribution in [0.5, 0.6) is 11.5 Å². The molecule has 0 spiro atoms. The standard InChI is InChI=1S/C30H49NO4Si2/c1-23(22-35-37(11,12)30(5,6)7)25-18-26(21-31-20-25)24-14-15-27(32-8)28(19-24)33-16-13-17-34-36(9,10)29(2,3)4/h14-15,18-21H,1,13,16-17,22H2,2-12H3. The Hall–Kier alpha value is -1.94. The number of benzene rings is 1. The van der Waals surface area contributed by atoms with E-state index >= 15 is 0 Å². The molecule has 37 heavy (non-hydrogen) atoms. The summed E-state index contributed by atoms with van der Waals surface area (Å²) in [5.41, 5.74) is 3.93. The second-order valence-electron chi connectivity index (χ2n) is 12.8. The Morgan fingerprint density at radius 1 is 0.811 bits per heavy atom. The van der Waals surface area contributed by atoms with Gasteiger partial charge >= 0.3 is 0 Å². The van der Waals surface area contributed by atoms with Crippen LogP contribution in [0.25, 0.3) is 16.7 Å². The second-order valence-corrected chi connectivity index (χ2v) is 22.4. The first-order valence-electron chi connectivity index (χ1n) is 13.2. The molecule has 7 heteroatoms. The Morgan fingerprint density at radius 2 is 1.43 bits per heavy atom. The van der Waals surface area contributed by atoms with Crippen molar-refractivity contribution in [2.75, 3.05) is 26.9 Å². The lowest BCUT2D eigenvalue weighted by Gasteiger charge is -2.36. The number of rotatable bonds is 12. The van der Waals surface area contributed by atoms with E-state index in [-0.39, 0.29) is 10.1 Å². The first kappa shape index (κ1) is 31.3. The Bertz CT molecular complexity index is 1050. The maximum atomic E-state index is 6.38. The van der Waals surface area contributed by atoms with Crippen molar-refractivity contribution in [3.63, 3.8) is 0 Å². The Balaban J connectivity index is 2.09. The lowest BCUT2D eigenvalue weighted by molar-refractivity contribution is 0.228. The highest BCUT2D eigenvalue weighted by Gasteiger charge is 2.37. The van der Waals surface area contributed by atoms with Gasteiger partial charge in [-0.15, -0.1) is 0 Å². The molecule has 2 aromatic rings. The topological polar surface area (TPSA) is 49.8 Å². The molecule has 1 aromatic heterocycles. The van der Waals surface area contributed by atoms with E-state index in [1.54, 1.807) is 7.11 Å². The molecule has 5 nitrogen and oxygen atoms in total. The Kier molecular flexibility index (Phi) is 10.4. The van der Waals surface area contributed by atoms with Crippen molar-refractivity contribution in [3.05, 3.63) is 48.8 Å². The van der Waals surface area contributed by atoms with Gasteiger partial charge in [0, 0.05) is 31.0 Å². The van der Waals surface area contributed by atoms with Crippen molar-refractivity contribution >= 4 is 22.2 Å². The molecule has 0 fully saturated rings. The molecule has 2 rings (SSSR count). The number of ether oxygens (including phenoxy) is 2. The zero-order valence-corrected chi connectivity index (χ0v) is 27.1. The van der Waals surface area contributed by atoms with E-state index in [0.29, 0.717) is 25.6 Å². The third-order valence-electron chi connectivity index (χ3n) is 7.87. The van der Waals surface area contributed by atoms with Crippen LogP contribution in [-0.2, 0) is 8.85 Å². The first-order chi connectivity index (χ1) is 17.0. The summed E-state index contributed by atoms with van der Waals surface area (Å²) < 4.78 is 24.3. The van der Waals surface area contributed by atoms with Gasteiger partial charge in [0.25, 0.3) is 0 Å². The van der Waals surface area contributed by atoms with Gasteiger partial charge in [-0.05, 0) is 71.2 Å². The normalized spacial score (nSPS) is 12.9. The van der Waals surface area contributed by atoms with Gasteiger partial charge in [-0.1, -0.05) is 54.2 Å². The van der Waals surface area contributed by atoms with Crippen molar-refractivity contribution in [2.45, 2.75) is 84.2 Å². The van der Waals surface area contributed by atoms with Gasteiger partial charge in [0.15, 0.2) is 28.1 Å². The Morgan fingerprint density at radius 3 is 2.03 bits per heavy atom. The second kappa shape index (κ2) is 12.3. The van der Waals surface area contributed by atoms with E-state index in [1.807, 2.05) is 30.6 Å². The molecule has 206 valence electrons. The molecular weight excluding hydrogens is 495 g/mol. The molecule has 1 aromatic carbocycles. The maximum Gasteiger partial charge on any atom is 0.192 e. The molecular formula is C30H49NO4Si2. The number of nitrogens with zero attached hydrogens (tertiary/aromatic N) is 1. The molecule has 0 aliphatic heterocycles. The predicted molar refractivity (Wildman–Crippen MR) is 162 cm³/mol. The third kappa shape index (κ3) is 8.53. The minimum Gasteiger partial charge on any atom is -0.493 e. The molecule has 0 unspecified atom stereocenters. The SMILES string of the molecule is C=C(CO[Si](C)(C)C(C)(C)C)c1cncc(-c2ccc(OC)c(OCCCO[Si](C)(C)C(C)(C)C)c2)c1. The lowest BCUT2D eigenvalue weighted by atomic mass is 10.0. The van der Waals surface area contributed by atoms with Crippen molar-refractivity contribution in [2.24, 2.45) is 0 Å². The van der Waals surface area contributed by atoms with Gasteiger partial charge < -0.3 is 18.3 Å².